The number of fused-ring (bicyclic) bond motifs is 5. The molecule has 1 heteroatoms. The molecule has 1 nitrogen and oxygen atoms in total. The third-order valence-electron chi connectivity index (χ3n) is 12.3. The summed E-state index contributed by atoms with van der Waals surface area (Å²) in [5.41, 5.74) is 1.34. The molecule has 0 radical (unpaired) electrons. The Morgan fingerprint density at radius 3 is 2.33 bits per heavy atom. The van der Waals surface area contributed by atoms with Crippen molar-refractivity contribution in [1.29, 1.82) is 0 Å². The van der Waals surface area contributed by atoms with E-state index < -0.39 is 0 Å². The van der Waals surface area contributed by atoms with Crippen molar-refractivity contribution >= 4 is 0 Å². The molecule has 172 valence electrons. The van der Waals surface area contributed by atoms with Gasteiger partial charge in [-0.1, -0.05) is 47.0 Å². The summed E-state index contributed by atoms with van der Waals surface area (Å²) in [6.07, 6.45) is 18.3. The second kappa shape index (κ2) is 7.50. The summed E-state index contributed by atoms with van der Waals surface area (Å²) < 4.78 is 6.74. The van der Waals surface area contributed by atoms with Crippen LogP contribution < -0.4 is 0 Å². The first kappa shape index (κ1) is 21.8. The molecule has 4 aliphatic carbocycles. The van der Waals surface area contributed by atoms with E-state index in [0.29, 0.717) is 16.9 Å². The third kappa shape index (κ3) is 3.10. The van der Waals surface area contributed by atoms with Crippen LogP contribution in [0.5, 0.6) is 0 Å². The fraction of sp³-hybridized carbons (Fsp3) is 1.00. The molecular weight excluding hydrogens is 364 g/mol. The SMILES string of the molecule is CCC1CC([C@@H](C)[C@H]2CC[C@H]3[C@@H]4CC[C@H]5CCCC[C@]5(C)[C@H]4CC[C@]23C)OC1(C)C. The number of ether oxygens (including phenoxy) is 1. The van der Waals surface area contributed by atoms with Crippen LogP contribution in [0.15, 0.2) is 0 Å². The minimum absolute atomic E-state index is 0.0816. The van der Waals surface area contributed by atoms with Crippen molar-refractivity contribution < 1.29 is 4.74 Å². The lowest BCUT2D eigenvalue weighted by molar-refractivity contribution is -0.123. The van der Waals surface area contributed by atoms with Gasteiger partial charge in [0.05, 0.1) is 11.7 Å². The van der Waals surface area contributed by atoms with E-state index in [9.17, 15) is 0 Å². The maximum Gasteiger partial charge on any atom is 0.0659 e. The molecule has 0 aromatic carbocycles. The highest BCUT2D eigenvalue weighted by Gasteiger charge is 2.61. The Morgan fingerprint density at radius 1 is 0.833 bits per heavy atom. The Bertz CT molecular complexity index is 638. The summed E-state index contributed by atoms with van der Waals surface area (Å²) in [6, 6.07) is 0. The van der Waals surface area contributed by atoms with E-state index in [1.165, 1.54) is 64.2 Å². The smallest absolute Gasteiger partial charge is 0.0659 e. The molecule has 0 N–H and O–H groups in total. The van der Waals surface area contributed by atoms with Gasteiger partial charge < -0.3 is 4.74 Å². The van der Waals surface area contributed by atoms with Gasteiger partial charge in [0.1, 0.15) is 0 Å². The van der Waals surface area contributed by atoms with Crippen LogP contribution in [0.1, 0.15) is 119 Å². The number of hydrogen-bond donors (Lipinski definition) is 0. The summed E-state index contributed by atoms with van der Waals surface area (Å²) in [5, 5.41) is 0. The lowest BCUT2D eigenvalue weighted by atomic mass is 9.44. The predicted molar refractivity (Wildman–Crippen MR) is 126 cm³/mol. The van der Waals surface area contributed by atoms with Crippen LogP contribution in [0, 0.1) is 52.3 Å². The molecular formula is C29H50O. The van der Waals surface area contributed by atoms with Crippen molar-refractivity contribution in [3.05, 3.63) is 0 Å². The van der Waals surface area contributed by atoms with Crippen molar-refractivity contribution in [2.75, 3.05) is 0 Å². The second-order valence-corrected chi connectivity index (χ2v) is 13.6. The van der Waals surface area contributed by atoms with Crippen molar-refractivity contribution in [3.8, 4) is 0 Å². The molecule has 1 heterocycles. The first-order valence-electron chi connectivity index (χ1n) is 13.9. The van der Waals surface area contributed by atoms with Crippen molar-refractivity contribution in [3.63, 3.8) is 0 Å². The van der Waals surface area contributed by atoms with Crippen LogP contribution in [-0.2, 0) is 4.74 Å². The quantitative estimate of drug-likeness (QED) is 0.451. The van der Waals surface area contributed by atoms with E-state index in [2.05, 4.69) is 41.5 Å². The summed E-state index contributed by atoms with van der Waals surface area (Å²) in [5.74, 6) is 6.48. The van der Waals surface area contributed by atoms with Crippen LogP contribution in [0.25, 0.3) is 0 Å². The normalized spacial score (nSPS) is 53.6. The highest BCUT2D eigenvalue weighted by atomic mass is 16.5. The molecule has 5 rings (SSSR count). The highest BCUT2D eigenvalue weighted by molar-refractivity contribution is 5.10. The maximum absolute atomic E-state index is 6.74. The molecule has 0 aromatic heterocycles. The molecule has 5 aliphatic rings. The van der Waals surface area contributed by atoms with E-state index in [1.54, 1.807) is 12.8 Å². The van der Waals surface area contributed by atoms with Gasteiger partial charge >= 0.3 is 0 Å². The largest absolute Gasteiger partial charge is 0.372 e. The minimum atomic E-state index is 0.0816. The fourth-order valence-corrected chi connectivity index (χ4v) is 10.5. The van der Waals surface area contributed by atoms with Crippen molar-refractivity contribution in [2.45, 2.75) is 130 Å². The van der Waals surface area contributed by atoms with E-state index >= 15 is 0 Å². The summed E-state index contributed by atoms with van der Waals surface area (Å²) in [7, 11) is 0. The molecule has 0 spiro atoms. The number of rotatable bonds is 3. The first-order valence-corrected chi connectivity index (χ1v) is 13.9. The van der Waals surface area contributed by atoms with Crippen LogP contribution in [0.3, 0.4) is 0 Å². The van der Waals surface area contributed by atoms with E-state index in [4.69, 9.17) is 4.74 Å². The standard InChI is InChI=1S/C29H50O/c1-7-20-18-26(30-27(20,3)4)19(2)23-13-14-24-22-12-11-21-10-8-9-16-28(21,5)25(22)15-17-29(23,24)6/h19-26H,7-18H2,1-6H3/t19-,20?,21+,22-,23+,24-,25-,26?,28-,29+/m0/s1. The Hall–Kier alpha value is -0.0400. The Balaban J connectivity index is 1.34. The van der Waals surface area contributed by atoms with Gasteiger partial charge in [0.15, 0.2) is 0 Å². The van der Waals surface area contributed by atoms with Crippen LogP contribution in [0.2, 0.25) is 0 Å². The third-order valence-corrected chi connectivity index (χ3v) is 12.3. The zero-order chi connectivity index (χ0) is 21.3. The lowest BCUT2D eigenvalue weighted by Gasteiger charge is -2.61. The zero-order valence-corrected chi connectivity index (χ0v) is 21.0. The van der Waals surface area contributed by atoms with E-state index in [1.807, 2.05) is 0 Å². The molecule has 5 fully saturated rings. The van der Waals surface area contributed by atoms with Crippen molar-refractivity contribution in [2.24, 2.45) is 52.3 Å². The lowest BCUT2D eigenvalue weighted by Crippen LogP contribution is -2.53. The monoisotopic (exact) mass is 414 g/mol. The molecule has 1 saturated heterocycles. The Labute approximate surface area is 187 Å². The van der Waals surface area contributed by atoms with Gasteiger partial charge in [-0.05, 0) is 124 Å². The highest BCUT2D eigenvalue weighted by Crippen LogP contribution is 2.68. The summed E-state index contributed by atoms with van der Waals surface area (Å²) in [6.45, 7) is 15.1. The van der Waals surface area contributed by atoms with Crippen LogP contribution >= 0.6 is 0 Å². The van der Waals surface area contributed by atoms with Gasteiger partial charge in [-0.3, -0.25) is 0 Å². The molecule has 4 saturated carbocycles. The number of hydrogen-bond acceptors (Lipinski definition) is 1. The van der Waals surface area contributed by atoms with Gasteiger partial charge in [0, 0.05) is 0 Å². The summed E-state index contributed by atoms with van der Waals surface area (Å²) >= 11 is 0. The average Bonchev–Trinajstić information content (AvgIpc) is 3.22. The molecule has 0 amide bonds. The summed E-state index contributed by atoms with van der Waals surface area (Å²) in [4.78, 5) is 0. The topological polar surface area (TPSA) is 9.23 Å². The van der Waals surface area contributed by atoms with Gasteiger partial charge in [-0.15, -0.1) is 0 Å². The second-order valence-electron chi connectivity index (χ2n) is 13.6. The average molecular weight is 415 g/mol. The maximum atomic E-state index is 6.74. The van der Waals surface area contributed by atoms with Gasteiger partial charge in [0.2, 0.25) is 0 Å². The van der Waals surface area contributed by atoms with Crippen LogP contribution in [-0.4, -0.2) is 11.7 Å². The molecule has 0 aromatic rings. The Morgan fingerprint density at radius 2 is 1.60 bits per heavy atom. The van der Waals surface area contributed by atoms with Crippen LogP contribution in [0.4, 0.5) is 0 Å². The molecule has 2 unspecified atom stereocenters. The van der Waals surface area contributed by atoms with Gasteiger partial charge in [-0.25, -0.2) is 0 Å². The fourth-order valence-electron chi connectivity index (χ4n) is 10.5. The van der Waals surface area contributed by atoms with E-state index in [0.717, 1.165) is 41.4 Å². The minimum Gasteiger partial charge on any atom is -0.372 e. The predicted octanol–water partition coefficient (Wildman–Crippen LogP) is 8.27. The van der Waals surface area contributed by atoms with Gasteiger partial charge in [-0.2, -0.15) is 0 Å². The van der Waals surface area contributed by atoms with Gasteiger partial charge in [0.25, 0.3) is 0 Å². The molecule has 10 atom stereocenters. The molecule has 1 aliphatic heterocycles. The zero-order valence-electron chi connectivity index (χ0n) is 21.0. The first-order chi connectivity index (χ1) is 14.2. The van der Waals surface area contributed by atoms with Crippen molar-refractivity contribution in [1.82, 2.24) is 0 Å². The van der Waals surface area contributed by atoms with E-state index in [-0.39, 0.29) is 5.60 Å². The molecule has 30 heavy (non-hydrogen) atoms. The molecule has 0 bridgehead atoms. The Kier molecular flexibility index (Phi) is 5.44.